The second-order valence-electron chi connectivity index (χ2n) is 5.63. The minimum Gasteiger partial charge on any atom is -0.481 e. The predicted molar refractivity (Wildman–Crippen MR) is 79.1 cm³/mol. The Morgan fingerprint density at radius 2 is 2.00 bits per heavy atom. The molecule has 1 atom stereocenters. The Labute approximate surface area is 123 Å². The zero-order valence-corrected chi connectivity index (χ0v) is 12.5. The minimum absolute atomic E-state index is 0.132. The molecule has 0 aromatic heterocycles. The van der Waals surface area contributed by atoms with Crippen molar-refractivity contribution in [3.63, 3.8) is 0 Å². The quantitative estimate of drug-likeness (QED) is 0.797. The van der Waals surface area contributed by atoms with Gasteiger partial charge in [-0.2, -0.15) is 0 Å². The lowest BCUT2D eigenvalue weighted by atomic mass is 9.85. The van der Waals surface area contributed by atoms with E-state index in [1.807, 2.05) is 20.8 Å². The number of carbonyl (C=O) groups excluding carboxylic acids is 1. The summed E-state index contributed by atoms with van der Waals surface area (Å²) in [6.45, 7) is 5.63. The third kappa shape index (κ3) is 5.48. The van der Waals surface area contributed by atoms with Crippen molar-refractivity contribution >= 4 is 29.3 Å². The van der Waals surface area contributed by atoms with E-state index in [-0.39, 0.29) is 11.8 Å². The van der Waals surface area contributed by atoms with Gasteiger partial charge in [0.05, 0.1) is 6.42 Å². The molecule has 0 saturated carbocycles. The molecule has 0 aliphatic rings. The molecule has 5 nitrogen and oxygen atoms in total. The van der Waals surface area contributed by atoms with Crippen molar-refractivity contribution in [1.29, 1.82) is 0 Å². The summed E-state index contributed by atoms with van der Waals surface area (Å²) >= 11 is 5.83. The summed E-state index contributed by atoms with van der Waals surface area (Å²) in [5, 5.41) is 14.7. The summed E-state index contributed by atoms with van der Waals surface area (Å²) in [6.07, 6.45) is -0.132. The number of rotatable bonds is 4. The third-order valence-electron chi connectivity index (χ3n) is 2.81. The molecule has 1 rings (SSSR count). The highest BCUT2D eigenvalue weighted by Crippen LogP contribution is 2.22. The standard InChI is InChI=1S/C14H19ClN2O3/c1-14(2,3)11(8-12(18)19)17-13(20)16-10-6-4-5-9(15)7-10/h4-7,11H,8H2,1-3H3,(H,18,19)(H2,16,17,20). The van der Waals surface area contributed by atoms with E-state index in [4.69, 9.17) is 16.7 Å². The van der Waals surface area contributed by atoms with Crippen LogP contribution in [0.4, 0.5) is 10.5 Å². The highest BCUT2D eigenvalue weighted by Gasteiger charge is 2.28. The molecule has 0 heterocycles. The smallest absolute Gasteiger partial charge is 0.319 e. The van der Waals surface area contributed by atoms with Crippen LogP contribution in [-0.2, 0) is 4.79 Å². The number of carbonyl (C=O) groups is 2. The van der Waals surface area contributed by atoms with Crippen molar-refractivity contribution in [2.75, 3.05) is 5.32 Å². The fourth-order valence-electron chi connectivity index (χ4n) is 1.64. The van der Waals surface area contributed by atoms with Gasteiger partial charge in [-0.1, -0.05) is 38.4 Å². The van der Waals surface area contributed by atoms with Gasteiger partial charge in [-0.25, -0.2) is 4.79 Å². The third-order valence-corrected chi connectivity index (χ3v) is 3.05. The van der Waals surface area contributed by atoms with E-state index < -0.39 is 18.0 Å². The number of carboxylic acid groups (broad SMARTS) is 1. The van der Waals surface area contributed by atoms with Crippen molar-refractivity contribution in [3.8, 4) is 0 Å². The highest BCUT2D eigenvalue weighted by atomic mass is 35.5. The summed E-state index contributed by atoms with van der Waals surface area (Å²) in [5.41, 5.74) is 0.197. The van der Waals surface area contributed by atoms with E-state index in [0.29, 0.717) is 10.7 Å². The average molecular weight is 299 g/mol. The molecule has 2 amide bonds. The van der Waals surface area contributed by atoms with Crippen molar-refractivity contribution in [3.05, 3.63) is 29.3 Å². The Bertz CT molecular complexity index is 497. The van der Waals surface area contributed by atoms with Crippen LogP contribution < -0.4 is 10.6 Å². The number of urea groups is 1. The molecule has 0 fully saturated rings. The summed E-state index contributed by atoms with van der Waals surface area (Å²) in [5.74, 6) is -0.951. The van der Waals surface area contributed by atoms with Gasteiger partial charge in [0.1, 0.15) is 0 Å². The summed E-state index contributed by atoms with van der Waals surface area (Å²) in [7, 11) is 0. The van der Waals surface area contributed by atoms with Gasteiger partial charge in [-0.05, 0) is 23.6 Å². The number of anilines is 1. The van der Waals surface area contributed by atoms with E-state index in [1.54, 1.807) is 24.3 Å². The van der Waals surface area contributed by atoms with Gasteiger partial charge in [0.25, 0.3) is 0 Å². The number of nitrogens with one attached hydrogen (secondary N) is 2. The lowest BCUT2D eigenvalue weighted by Gasteiger charge is -2.30. The number of aliphatic carboxylic acids is 1. The van der Waals surface area contributed by atoms with E-state index in [0.717, 1.165) is 0 Å². The molecule has 1 aromatic carbocycles. The first-order chi connectivity index (χ1) is 9.18. The summed E-state index contributed by atoms with van der Waals surface area (Å²) < 4.78 is 0. The Morgan fingerprint density at radius 1 is 1.35 bits per heavy atom. The van der Waals surface area contributed by atoms with Crippen LogP contribution in [-0.4, -0.2) is 23.1 Å². The number of halogens is 1. The van der Waals surface area contributed by atoms with Crippen molar-refractivity contribution in [2.45, 2.75) is 33.2 Å². The first-order valence-electron chi connectivity index (χ1n) is 6.23. The largest absolute Gasteiger partial charge is 0.481 e. The number of amides is 2. The number of carboxylic acids is 1. The van der Waals surface area contributed by atoms with E-state index in [9.17, 15) is 9.59 Å². The van der Waals surface area contributed by atoms with Crippen molar-refractivity contribution in [1.82, 2.24) is 5.32 Å². The number of benzene rings is 1. The number of hydrogen-bond donors (Lipinski definition) is 3. The maximum Gasteiger partial charge on any atom is 0.319 e. The van der Waals surface area contributed by atoms with Gasteiger partial charge >= 0.3 is 12.0 Å². The van der Waals surface area contributed by atoms with Crippen LogP contribution >= 0.6 is 11.6 Å². The lowest BCUT2D eigenvalue weighted by molar-refractivity contribution is -0.138. The van der Waals surface area contributed by atoms with Gasteiger partial charge < -0.3 is 15.7 Å². The molecule has 1 unspecified atom stereocenters. The molecule has 110 valence electrons. The highest BCUT2D eigenvalue weighted by molar-refractivity contribution is 6.30. The van der Waals surface area contributed by atoms with Crippen LogP contribution in [0.25, 0.3) is 0 Å². The molecule has 0 radical (unpaired) electrons. The van der Waals surface area contributed by atoms with Crippen LogP contribution in [0.5, 0.6) is 0 Å². The van der Waals surface area contributed by atoms with E-state index >= 15 is 0 Å². The van der Waals surface area contributed by atoms with Crippen LogP contribution in [0.15, 0.2) is 24.3 Å². The molecule has 0 aliphatic heterocycles. The number of hydrogen-bond acceptors (Lipinski definition) is 2. The fraction of sp³-hybridized carbons (Fsp3) is 0.429. The first kappa shape index (κ1) is 16.3. The first-order valence-corrected chi connectivity index (χ1v) is 6.61. The SMILES string of the molecule is CC(C)(C)C(CC(=O)O)NC(=O)Nc1cccc(Cl)c1. The van der Waals surface area contributed by atoms with Gasteiger partial charge in [0.2, 0.25) is 0 Å². The Morgan fingerprint density at radius 3 is 2.50 bits per heavy atom. The summed E-state index contributed by atoms with van der Waals surface area (Å²) in [6, 6.07) is 5.82. The van der Waals surface area contributed by atoms with Crippen molar-refractivity contribution < 1.29 is 14.7 Å². The monoisotopic (exact) mass is 298 g/mol. The maximum absolute atomic E-state index is 11.9. The molecule has 6 heteroatoms. The van der Waals surface area contributed by atoms with Crippen molar-refractivity contribution in [2.24, 2.45) is 5.41 Å². The van der Waals surface area contributed by atoms with Crippen LogP contribution in [0, 0.1) is 5.41 Å². The van der Waals surface area contributed by atoms with E-state index in [1.165, 1.54) is 0 Å². The Hall–Kier alpha value is -1.75. The van der Waals surface area contributed by atoms with Gasteiger partial charge in [-0.3, -0.25) is 4.79 Å². The van der Waals surface area contributed by atoms with Gasteiger partial charge in [0, 0.05) is 16.8 Å². The molecule has 3 N–H and O–H groups in total. The van der Waals surface area contributed by atoms with Crippen LogP contribution in [0.1, 0.15) is 27.2 Å². The molecule has 20 heavy (non-hydrogen) atoms. The topological polar surface area (TPSA) is 78.4 Å². The fourth-order valence-corrected chi connectivity index (χ4v) is 1.83. The van der Waals surface area contributed by atoms with E-state index in [2.05, 4.69) is 10.6 Å². The zero-order chi connectivity index (χ0) is 15.3. The predicted octanol–water partition coefficient (Wildman–Crippen LogP) is 3.35. The maximum atomic E-state index is 11.9. The second kappa shape index (κ2) is 6.61. The second-order valence-corrected chi connectivity index (χ2v) is 6.06. The Kier molecular flexibility index (Phi) is 5.39. The van der Waals surface area contributed by atoms with Gasteiger partial charge in [-0.15, -0.1) is 0 Å². The zero-order valence-electron chi connectivity index (χ0n) is 11.7. The van der Waals surface area contributed by atoms with Crippen LogP contribution in [0.2, 0.25) is 5.02 Å². The molecular weight excluding hydrogens is 280 g/mol. The Balaban J connectivity index is 2.69. The van der Waals surface area contributed by atoms with Crippen LogP contribution in [0.3, 0.4) is 0 Å². The molecule has 1 aromatic rings. The summed E-state index contributed by atoms with van der Waals surface area (Å²) in [4.78, 5) is 22.8. The molecule has 0 saturated heterocycles. The molecule has 0 bridgehead atoms. The molecular formula is C14H19ClN2O3. The molecule has 0 spiro atoms. The molecule has 0 aliphatic carbocycles. The van der Waals surface area contributed by atoms with Gasteiger partial charge in [0.15, 0.2) is 0 Å². The average Bonchev–Trinajstić information content (AvgIpc) is 2.26. The lowest BCUT2D eigenvalue weighted by Crippen LogP contribution is -2.46. The normalized spacial score (nSPS) is 12.6. The minimum atomic E-state index is -0.951.